The van der Waals surface area contributed by atoms with Crippen LogP contribution in [0.4, 0.5) is 0 Å². The average molecular weight is 423 g/mol. The van der Waals surface area contributed by atoms with E-state index in [1.54, 1.807) is 21.3 Å². The molecule has 1 atom stereocenters. The fourth-order valence-electron chi connectivity index (χ4n) is 3.50. The summed E-state index contributed by atoms with van der Waals surface area (Å²) in [6, 6.07) is 17.9. The molecule has 5 nitrogen and oxygen atoms in total. The number of rotatable bonds is 10. The van der Waals surface area contributed by atoms with Crippen LogP contribution in [0.5, 0.6) is 5.75 Å². The van der Waals surface area contributed by atoms with Crippen LogP contribution in [0.2, 0.25) is 0 Å². The van der Waals surface area contributed by atoms with Gasteiger partial charge in [-0.3, -0.25) is 0 Å². The minimum atomic E-state index is -1.08. The lowest BCUT2D eigenvalue weighted by molar-refractivity contribution is -0.225. The molecule has 1 unspecified atom stereocenters. The van der Waals surface area contributed by atoms with Crippen LogP contribution < -0.4 is 4.74 Å². The molecule has 0 aliphatic heterocycles. The second-order valence-corrected chi connectivity index (χ2v) is 7.06. The standard InChI is InChI=1S/C26H30O5/c1-5-30-23-15-13-20(14-16-23)11-12-22-17-24(27-2)25(28-3)26(18-22,29-4)31-19-21-9-7-6-8-10-21/h6-17H,5,18-19H2,1-4H3. The highest BCUT2D eigenvalue weighted by Gasteiger charge is 2.43. The van der Waals surface area contributed by atoms with Gasteiger partial charge >= 0.3 is 0 Å². The number of methoxy groups -OCH3 is 3. The van der Waals surface area contributed by atoms with Crippen LogP contribution >= 0.6 is 0 Å². The van der Waals surface area contributed by atoms with Crippen molar-refractivity contribution < 1.29 is 23.7 Å². The lowest BCUT2D eigenvalue weighted by atomic mass is 9.95. The predicted molar refractivity (Wildman–Crippen MR) is 121 cm³/mol. The predicted octanol–water partition coefficient (Wildman–Crippen LogP) is 5.49. The molecule has 1 aliphatic rings. The first-order valence-corrected chi connectivity index (χ1v) is 10.3. The van der Waals surface area contributed by atoms with Crippen molar-refractivity contribution in [3.8, 4) is 5.75 Å². The summed E-state index contributed by atoms with van der Waals surface area (Å²) in [6.07, 6.45) is 6.53. The topological polar surface area (TPSA) is 46.2 Å². The van der Waals surface area contributed by atoms with E-state index in [0.717, 1.165) is 22.4 Å². The van der Waals surface area contributed by atoms with E-state index in [-0.39, 0.29) is 0 Å². The molecule has 5 heteroatoms. The smallest absolute Gasteiger partial charge is 0.235 e. The molecule has 0 fully saturated rings. The van der Waals surface area contributed by atoms with Gasteiger partial charge in [-0.15, -0.1) is 0 Å². The van der Waals surface area contributed by atoms with E-state index < -0.39 is 5.79 Å². The molecule has 0 saturated heterocycles. The minimum absolute atomic E-state index is 0.383. The highest BCUT2D eigenvalue weighted by Crippen LogP contribution is 2.39. The van der Waals surface area contributed by atoms with Crippen LogP contribution in [0.15, 0.2) is 83.8 Å². The Morgan fingerprint density at radius 3 is 2.26 bits per heavy atom. The molecule has 0 spiro atoms. The van der Waals surface area contributed by atoms with Gasteiger partial charge in [-0.05, 0) is 41.8 Å². The van der Waals surface area contributed by atoms with Gasteiger partial charge in [0.05, 0.1) is 27.4 Å². The van der Waals surface area contributed by atoms with Crippen LogP contribution in [-0.4, -0.2) is 33.7 Å². The maximum atomic E-state index is 6.29. The van der Waals surface area contributed by atoms with Gasteiger partial charge in [0.15, 0.2) is 11.5 Å². The molecule has 0 heterocycles. The summed E-state index contributed by atoms with van der Waals surface area (Å²) < 4.78 is 28.9. The van der Waals surface area contributed by atoms with Crippen molar-refractivity contribution in [2.45, 2.75) is 25.7 Å². The van der Waals surface area contributed by atoms with Crippen molar-refractivity contribution in [3.63, 3.8) is 0 Å². The molecular weight excluding hydrogens is 392 g/mol. The summed E-state index contributed by atoms with van der Waals surface area (Å²) >= 11 is 0. The monoisotopic (exact) mass is 422 g/mol. The van der Waals surface area contributed by atoms with E-state index in [9.17, 15) is 0 Å². The first-order chi connectivity index (χ1) is 15.1. The first kappa shape index (κ1) is 22.7. The van der Waals surface area contributed by atoms with Crippen molar-refractivity contribution in [3.05, 3.63) is 95.0 Å². The number of benzene rings is 2. The first-order valence-electron chi connectivity index (χ1n) is 10.3. The fourth-order valence-corrected chi connectivity index (χ4v) is 3.50. The second kappa shape index (κ2) is 10.8. The van der Waals surface area contributed by atoms with Crippen LogP contribution in [0.1, 0.15) is 24.5 Å². The number of ether oxygens (including phenoxy) is 5. The van der Waals surface area contributed by atoms with Gasteiger partial charge in [-0.25, -0.2) is 0 Å². The zero-order valence-corrected chi connectivity index (χ0v) is 18.6. The van der Waals surface area contributed by atoms with Crippen LogP contribution in [-0.2, 0) is 25.6 Å². The minimum Gasteiger partial charge on any atom is -0.494 e. The van der Waals surface area contributed by atoms with Gasteiger partial charge in [-0.1, -0.05) is 54.6 Å². The fraction of sp³-hybridized carbons (Fsp3) is 0.308. The molecule has 0 N–H and O–H groups in total. The lowest BCUT2D eigenvalue weighted by Crippen LogP contribution is -2.41. The Morgan fingerprint density at radius 2 is 1.65 bits per heavy atom. The normalized spacial score (nSPS) is 18.8. The highest BCUT2D eigenvalue weighted by atomic mass is 16.7. The van der Waals surface area contributed by atoms with Crippen LogP contribution in [0, 0.1) is 0 Å². The summed E-state index contributed by atoms with van der Waals surface area (Å²) in [7, 11) is 4.83. The highest BCUT2D eigenvalue weighted by molar-refractivity contribution is 5.55. The van der Waals surface area contributed by atoms with Crippen molar-refractivity contribution >= 4 is 6.08 Å². The van der Waals surface area contributed by atoms with Gasteiger partial charge in [0.1, 0.15) is 5.75 Å². The maximum absolute atomic E-state index is 6.29. The Morgan fingerprint density at radius 1 is 0.903 bits per heavy atom. The van der Waals surface area contributed by atoms with E-state index in [1.807, 2.05) is 79.7 Å². The molecule has 0 saturated carbocycles. The van der Waals surface area contributed by atoms with Gasteiger partial charge < -0.3 is 23.7 Å². The van der Waals surface area contributed by atoms with Crippen molar-refractivity contribution in [2.75, 3.05) is 27.9 Å². The van der Waals surface area contributed by atoms with Gasteiger partial charge in [-0.2, -0.15) is 0 Å². The van der Waals surface area contributed by atoms with Crippen LogP contribution in [0.25, 0.3) is 6.08 Å². The summed E-state index contributed by atoms with van der Waals surface area (Å²) in [5.74, 6) is 0.878. The number of allylic oxidation sites excluding steroid dienone is 2. The van der Waals surface area contributed by atoms with Crippen molar-refractivity contribution in [1.82, 2.24) is 0 Å². The van der Waals surface area contributed by atoms with Gasteiger partial charge in [0, 0.05) is 13.5 Å². The second-order valence-electron chi connectivity index (χ2n) is 7.06. The van der Waals surface area contributed by atoms with Crippen LogP contribution in [0.3, 0.4) is 0 Å². The molecule has 0 aromatic heterocycles. The Hall–Kier alpha value is -3.02. The molecule has 0 amide bonds. The number of hydrogen-bond acceptors (Lipinski definition) is 5. The Kier molecular flexibility index (Phi) is 7.93. The van der Waals surface area contributed by atoms with Gasteiger partial charge in [0.2, 0.25) is 5.79 Å². The summed E-state index contributed by atoms with van der Waals surface area (Å²) in [4.78, 5) is 0. The van der Waals surface area contributed by atoms with Crippen molar-refractivity contribution in [1.29, 1.82) is 0 Å². The van der Waals surface area contributed by atoms with Gasteiger partial charge in [0.25, 0.3) is 0 Å². The average Bonchev–Trinajstić information content (AvgIpc) is 2.82. The molecular formula is C26H30O5. The summed E-state index contributed by atoms with van der Waals surface area (Å²) in [5, 5.41) is 0. The summed E-state index contributed by atoms with van der Waals surface area (Å²) in [5.41, 5.74) is 3.12. The molecule has 0 bridgehead atoms. The van der Waals surface area contributed by atoms with E-state index in [1.165, 1.54) is 0 Å². The van der Waals surface area contributed by atoms with E-state index in [2.05, 4.69) is 0 Å². The SMILES string of the molecule is CCOc1ccc(C=CC2=CC(OC)=C(OC)C(OC)(OCc3ccccc3)C2)cc1. The Balaban J connectivity index is 1.84. The van der Waals surface area contributed by atoms with E-state index >= 15 is 0 Å². The molecule has 1 aliphatic carbocycles. The molecule has 31 heavy (non-hydrogen) atoms. The number of hydrogen-bond donors (Lipinski definition) is 0. The zero-order chi connectivity index (χ0) is 22.1. The molecule has 164 valence electrons. The lowest BCUT2D eigenvalue weighted by Gasteiger charge is -2.37. The van der Waals surface area contributed by atoms with E-state index in [0.29, 0.717) is 31.2 Å². The molecule has 2 aromatic rings. The molecule has 2 aromatic carbocycles. The quantitative estimate of drug-likeness (QED) is 0.474. The third-order valence-corrected chi connectivity index (χ3v) is 5.07. The largest absolute Gasteiger partial charge is 0.494 e. The Labute approximate surface area is 184 Å². The molecule has 0 radical (unpaired) electrons. The third kappa shape index (κ3) is 5.57. The summed E-state index contributed by atoms with van der Waals surface area (Å²) in [6.45, 7) is 3.01. The third-order valence-electron chi connectivity index (χ3n) is 5.07. The molecule has 3 rings (SSSR count). The maximum Gasteiger partial charge on any atom is 0.235 e. The zero-order valence-electron chi connectivity index (χ0n) is 18.6. The van der Waals surface area contributed by atoms with E-state index in [4.69, 9.17) is 23.7 Å². The Bertz CT molecular complexity index is 928. The van der Waals surface area contributed by atoms with Crippen molar-refractivity contribution in [2.24, 2.45) is 0 Å².